The lowest BCUT2D eigenvalue weighted by molar-refractivity contribution is 0.280. The third-order valence-electron chi connectivity index (χ3n) is 23.1. The van der Waals surface area contributed by atoms with Gasteiger partial charge < -0.3 is 25.8 Å². The second kappa shape index (κ2) is 16.3. The normalized spacial score (nSPS) is 25.0. The fourth-order valence-corrected chi connectivity index (χ4v) is 19.5. The number of allylic oxidation sites excluding steroid dienone is 3. The molecule has 5 aromatic carbocycles. The van der Waals surface area contributed by atoms with Crippen LogP contribution in [0.25, 0.3) is 11.1 Å². The van der Waals surface area contributed by atoms with Gasteiger partial charge >= 0.3 is 0 Å². The van der Waals surface area contributed by atoms with Gasteiger partial charge in [-0.3, -0.25) is 0 Å². The summed E-state index contributed by atoms with van der Waals surface area (Å²) in [4.78, 5) is 7.06. The maximum atomic E-state index is 8.31. The zero-order valence-electron chi connectivity index (χ0n) is 52.5. The van der Waals surface area contributed by atoms with Crippen molar-refractivity contribution in [1.29, 1.82) is 0 Å². The molecule has 0 fully saturated rings. The minimum atomic E-state index is -0.670. The zero-order chi connectivity index (χ0) is 56.7. The van der Waals surface area contributed by atoms with Crippen LogP contribution in [0.2, 0.25) is 0 Å². The first-order chi connectivity index (χ1) is 36.5. The van der Waals surface area contributed by atoms with E-state index in [2.05, 4.69) is 227 Å². The lowest BCUT2D eigenvalue weighted by Gasteiger charge is -2.50. The highest BCUT2D eigenvalue weighted by Crippen LogP contribution is 2.62. The van der Waals surface area contributed by atoms with Crippen LogP contribution < -0.4 is 20.7 Å². The summed E-state index contributed by atoms with van der Waals surface area (Å²) in [6.07, 6.45) is 11.7. The van der Waals surface area contributed by atoms with E-state index in [-0.39, 0.29) is 60.9 Å². The molecule has 0 saturated carbocycles. The second-order valence-electron chi connectivity index (χ2n) is 33.3. The maximum Gasteiger partial charge on any atom is 0.249 e. The van der Waals surface area contributed by atoms with Crippen molar-refractivity contribution in [2.24, 2.45) is 10.8 Å². The fourth-order valence-electron chi connectivity index (χ4n) is 17.1. The van der Waals surface area contributed by atoms with Gasteiger partial charge in [-0.2, -0.15) is 4.91 Å². The van der Waals surface area contributed by atoms with Crippen LogP contribution in [0.5, 0.6) is 0 Å². The highest BCUT2D eigenvalue weighted by molar-refractivity contribution is 7.94. The SMILES string of the molecule is C#[S-]1C2=C(B3c4cc5c(cc4N(c4ccc6c(c4)C(C)(C)CCC6(C)C)c4cc(-c6ccc7c(c6)C(C)(C)CCC7(C)C)cc(c43)N2c2ccc3c(c2)C(C)(C)CCC3(C)C)C(C)(C)CCC5(C)C)C2=C1C(C)(C)CCC2(C)C. The summed E-state index contributed by atoms with van der Waals surface area (Å²) in [5.74, 6) is 0. The predicted octanol–water partition coefficient (Wildman–Crippen LogP) is 19.4. The molecule has 3 heterocycles. The molecule has 0 amide bonds. The molecule has 0 unspecified atom stereocenters. The van der Waals surface area contributed by atoms with Crippen LogP contribution in [0.1, 0.15) is 247 Å². The summed E-state index contributed by atoms with van der Waals surface area (Å²) >= 11 is 0. The summed E-state index contributed by atoms with van der Waals surface area (Å²) in [6.45, 7) is 50.0. The average Bonchev–Trinajstić information content (AvgIpc) is 2.55. The van der Waals surface area contributed by atoms with Crippen LogP contribution in [0.15, 0.2) is 99.8 Å². The van der Waals surface area contributed by atoms with Crippen molar-refractivity contribution in [1.82, 2.24) is 0 Å². The van der Waals surface area contributed by atoms with Crippen molar-refractivity contribution >= 4 is 56.4 Å². The van der Waals surface area contributed by atoms with Crippen molar-refractivity contribution in [2.45, 2.75) is 246 Å². The first-order valence-corrected chi connectivity index (χ1v) is 32.2. The lowest BCUT2D eigenvalue weighted by atomic mass is 9.31. The summed E-state index contributed by atoms with van der Waals surface area (Å²) < 4.78 is 0. The van der Waals surface area contributed by atoms with Crippen LogP contribution >= 0.6 is 0 Å². The monoisotopic (exact) mass is 1070 g/mol. The summed E-state index contributed by atoms with van der Waals surface area (Å²) in [7, 11) is -0.670. The van der Waals surface area contributed by atoms with Gasteiger partial charge in [0.15, 0.2) is 0 Å². The number of nitrogens with zero attached hydrogens (tertiary/aromatic N) is 2. The molecule has 79 heavy (non-hydrogen) atoms. The Morgan fingerprint density at radius 2 is 0.722 bits per heavy atom. The van der Waals surface area contributed by atoms with Crippen molar-refractivity contribution in [2.75, 3.05) is 9.80 Å². The predicted molar refractivity (Wildman–Crippen MR) is 344 cm³/mol. The smallest absolute Gasteiger partial charge is 0.249 e. The quantitative estimate of drug-likeness (QED) is 0.131. The van der Waals surface area contributed by atoms with Gasteiger partial charge in [0.05, 0.1) is 0 Å². The van der Waals surface area contributed by atoms with Crippen LogP contribution in [-0.4, -0.2) is 6.71 Å². The Hall–Kier alpha value is -4.63. The number of benzene rings is 5. The molecule has 0 atom stereocenters. The highest BCUT2D eigenvalue weighted by Gasteiger charge is 2.53. The van der Waals surface area contributed by atoms with Gasteiger partial charge in [0.25, 0.3) is 0 Å². The Bertz CT molecular complexity index is 3680. The summed E-state index contributed by atoms with van der Waals surface area (Å²) in [5.41, 5.74) is 35.8. The van der Waals surface area contributed by atoms with E-state index in [9.17, 15) is 0 Å². The molecule has 0 aromatic heterocycles. The Labute approximate surface area is 481 Å². The molecule has 8 aliphatic rings. The molecule has 5 aromatic rings. The van der Waals surface area contributed by atoms with Crippen molar-refractivity contribution in [3.05, 3.63) is 144 Å². The Balaban J connectivity index is 1.20. The Morgan fingerprint density at radius 3 is 1.20 bits per heavy atom. The largest absolute Gasteiger partial charge is 0.389 e. The number of rotatable bonds is 3. The Kier molecular flexibility index (Phi) is 11.1. The second-order valence-corrected chi connectivity index (χ2v) is 34.8. The van der Waals surface area contributed by atoms with Gasteiger partial charge in [-0.25, -0.2) is 0 Å². The van der Waals surface area contributed by atoms with Gasteiger partial charge in [0.2, 0.25) is 6.71 Å². The lowest BCUT2D eigenvalue weighted by Crippen LogP contribution is -2.57. The van der Waals surface area contributed by atoms with E-state index < -0.39 is 10.3 Å². The third-order valence-corrected chi connectivity index (χ3v) is 25.2. The van der Waals surface area contributed by atoms with E-state index in [1.165, 1.54) is 162 Å². The minimum absolute atomic E-state index is 0.00816. The van der Waals surface area contributed by atoms with Crippen LogP contribution in [0.3, 0.4) is 0 Å². The van der Waals surface area contributed by atoms with E-state index in [0.717, 1.165) is 12.8 Å². The van der Waals surface area contributed by atoms with Crippen LogP contribution in [-0.2, 0) is 53.6 Å². The number of fused-ring (bicyclic) bond motifs is 8. The van der Waals surface area contributed by atoms with Gasteiger partial charge in [-0.1, -0.05) is 191 Å². The van der Waals surface area contributed by atoms with Crippen molar-refractivity contribution in [3.63, 3.8) is 0 Å². The minimum Gasteiger partial charge on any atom is -0.389 e. The zero-order valence-corrected chi connectivity index (χ0v) is 53.4. The van der Waals surface area contributed by atoms with E-state index in [4.69, 9.17) is 5.69 Å². The molecule has 0 bridgehead atoms. The first kappa shape index (κ1) is 53.7. The third kappa shape index (κ3) is 7.63. The fraction of sp³-hybridized carbons (Fsp3) is 0.533. The number of anilines is 5. The van der Waals surface area contributed by atoms with Crippen molar-refractivity contribution in [3.8, 4) is 16.8 Å². The average molecular weight is 1070 g/mol. The van der Waals surface area contributed by atoms with Gasteiger partial charge in [-0.05, 0) is 227 Å². The molecular weight excluding hydrogens is 972 g/mol. The molecule has 4 heteroatoms. The maximum absolute atomic E-state index is 8.31. The summed E-state index contributed by atoms with van der Waals surface area (Å²) in [5, 5.41) is 1.34. The van der Waals surface area contributed by atoms with Crippen molar-refractivity contribution < 1.29 is 0 Å². The van der Waals surface area contributed by atoms with Gasteiger partial charge in [0.1, 0.15) is 0 Å². The molecule has 2 nitrogen and oxygen atoms in total. The first-order valence-electron chi connectivity index (χ1n) is 30.9. The summed E-state index contributed by atoms with van der Waals surface area (Å²) in [6, 6.07) is 33.8. The van der Waals surface area contributed by atoms with Gasteiger partial charge in [0, 0.05) is 28.4 Å². The molecule has 5 aliphatic carbocycles. The molecule has 0 radical (unpaired) electrons. The van der Waals surface area contributed by atoms with Crippen LogP contribution in [0.4, 0.5) is 28.4 Å². The molecule has 0 spiro atoms. The van der Waals surface area contributed by atoms with Gasteiger partial charge in [-0.15, -0.1) is 0 Å². The van der Waals surface area contributed by atoms with E-state index >= 15 is 0 Å². The Morgan fingerprint density at radius 1 is 0.354 bits per heavy atom. The molecule has 414 valence electrons. The van der Waals surface area contributed by atoms with E-state index in [0.29, 0.717) is 0 Å². The molecular formula is C75H94BN2S-. The molecule has 0 saturated heterocycles. The highest BCUT2D eigenvalue weighted by atomic mass is 32.2. The van der Waals surface area contributed by atoms with E-state index in [1.54, 1.807) is 5.57 Å². The topological polar surface area (TPSA) is 6.48 Å². The number of hydrogen-bond acceptors (Lipinski definition) is 3. The standard InChI is InChI=1S/C75H94BN2S/c1-66(2)28-31-69(7,8)52-38-45(22-25-49(52)66)46-39-59-62-60(40-46)78(48-24-27-51-54(42-48)71(11,12)33-30-68(51,5)6)65-63(61-64(79(65)21)75(19,20)37-36-74(61,17)18)76(62)57-43-55-56(73(15,16)35-34-72(55,13)14)44-58(57)77(59)47-23-26-50-53(41-47)70(9,10)32-29-67(50,3)4/h21-27,38-44H,28-37H2,1-20H3/q-1. The van der Waals surface area contributed by atoms with Crippen LogP contribution in [0, 0.1) is 16.5 Å². The molecule has 3 aliphatic heterocycles. The number of hydrogen-bond donors (Lipinski definition) is 0. The van der Waals surface area contributed by atoms with E-state index in [1.807, 2.05) is 0 Å². The molecule has 13 rings (SSSR count). The molecule has 0 N–H and O–H groups in total.